The van der Waals surface area contributed by atoms with Crippen LogP contribution >= 0.6 is 0 Å². The number of carbonyl (C=O) groups is 1. The fourth-order valence-electron chi connectivity index (χ4n) is 3.42. The fourth-order valence-corrected chi connectivity index (χ4v) is 4.80. The topological polar surface area (TPSA) is 75.7 Å². The van der Waals surface area contributed by atoms with Gasteiger partial charge in [-0.3, -0.25) is 9.10 Å². The molecule has 3 rings (SSSR count). The molecular formula is C20H24N2O4S. The Morgan fingerprint density at radius 2 is 2.00 bits per heavy atom. The van der Waals surface area contributed by atoms with Crippen molar-refractivity contribution in [3.63, 3.8) is 0 Å². The van der Waals surface area contributed by atoms with E-state index < -0.39 is 10.0 Å². The number of methoxy groups -OCH3 is 1. The van der Waals surface area contributed by atoms with Crippen molar-refractivity contribution in [3.8, 4) is 5.75 Å². The highest BCUT2D eigenvalue weighted by Gasteiger charge is 2.34. The number of nitrogens with zero attached hydrogens (tertiary/aromatic N) is 1. The van der Waals surface area contributed by atoms with E-state index >= 15 is 0 Å². The second kappa shape index (κ2) is 7.23. The highest BCUT2D eigenvalue weighted by Crippen LogP contribution is 2.35. The fraction of sp³-hybridized carbons (Fsp3) is 0.350. The van der Waals surface area contributed by atoms with Crippen LogP contribution in [0.3, 0.4) is 0 Å². The number of nitrogens with one attached hydrogen (secondary N) is 1. The molecule has 0 saturated carbocycles. The third kappa shape index (κ3) is 3.64. The average molecular weight is 388 g/mol. The van der Waals surface area contributed by atoms with E-state index in [-0.39, 0.29) is 17.7 Å². The lowest BCUT2D eigenvalue weighted by Gasteiger charge is -2.23. The molecule has 0 aliphatic carbocycles. The van der Waals surface area contributed by atoms with Gasteiger partial charge in [-0.15, -0.1) is 0 Å². The van der Waals surface area contributed by atoms with Crippen LogP contribution in [0.4, 0.5) is 11.4 Å². The molecule has 0 aromatic heterocycles. The Hall–Kier alpha value is -2.54. The molecule has 144 valence electrons. The minimum atomic E-state index is -3.34. The van der Waals surface area contributed by atoms with E-state index in [9.17, 15) is 13.2 Å². The summed E-state index contributed by atoms with van der Waals surface area (Å²) in [5.74, 6) is 0.377. The molecule has 1 heterocycles. The van der Waals surface area contributed by atoms with Gasteiger partial charge in [-0.1, -0.05) is 6.07 Å². The van der Waals surface area contributed by atoms with Gasteiger partial charge in [0.2, 0.25) is 10.0 Å². The smallest absolute Gasteiger partial charge is 0.255 e. The molecule has 1 amide bonds. The van der Waals surface area contributed by atoms with Crippen LogP contribution in [0, 0.1) is 6.92 Å². The van der Waals surface area contributed by atoms with Crippen molar-refractivity contribution < 1.29 is 17.9 Å². The van der Waals surface area contributed by atoms with Crippen LogP contribution in [0.5, 0.6) is 5.75 Å². The van der Waals surface area contributed by atoms with Gasteiger partial charge in [-0.05, 0) is 68.7 Å². The van der Waals surface area contributed by atoms with Gasteiger partial charge in [0, 0.05) is 11.6 Å². The van der Waals surface area contributed by atoms with Crippen molar-refractivity contribution in [3.05, 3.63) is 53.1 Å². The Balaban J connectivity index is 1.89. The van der Waals surface area contributed by atoms with Gasteiger partial charge in [-0.2, -0.15) is 0 Å². The van der Waals surface area contributed by atoms with Crippen LogP contribution in [0.25, 0.3) is 0 Å². The Kier molecular flexibility index (Phi) is 5.15. The molecule has 0 fully saturated rings. The molecule has 0 bridgehead atoms. The van der Waals surface area contributed by atoms with Crippen LogP contribution in [-0.2, 0) is 16.4 Å². The maximum absolute atomic E-state index is 12.7. The van der Waals surface area contributed by atoms with Crippen LogP contribution in [0.15, 0.2) is 36.4 Å². The number of ether oxygens (including phenoxy) is 1. The van der Waals surface area contributed by atoms with Crippen LogP contribution < -0.4 is 14.4 Å². The highest BCUT2D eigenvalue weighted by molar-refractivity contribution is 7.92. The summed E-state index contributed by atoms with van der Waals surface area (Å²) >= 11 is 0. The van der Waals surface area contributed by atoms with Gasteiger partial charge >= 0.3 is 0 Å². The number of anilines is 2. The number of fused-ring (bicyclic) bond motifs is 1. The van der Waals surface area contributed by atoms with Crippen molar-refractivity contribution in [2.24, 2.45) is 0 Å². The second-order valence-electron chi connectivity index (χ2n) is 6.75. The molecule has 0 unspecified atom stereocenters. The van der Waals surface area contributed by atoms with E-state index in [1.807, 2.05) is 32.0 Å². The maximum Gasteiger partial charge on any atom is 0.255 e. The number of hydrogen-bond donors (Lipinski definition) is 1. The zero-order valence-corrected chi connectivity index (χ0v) is 16.8. The van der Waals surface area contributed by atoms with Gasteiger partial charge in [-0.25, -0.2) is 8.42 Å². The Bertz CT molecular complexity index is 985. The molecule has 1 atom stereocenters. The Morgan fingerprint density at radius 3 is 2.67 bits per heavy atom. The lowest BCUT2D eigenvalue weighted by atomic mass is 10.1. The zero-order valence-electron chi connectivity index (χ0n) is 15.9. The first kappa shape index (κ1) is 19.2. The normalized spacial score (nSPS) is 16.1. The quantitative estimate of drug-likeness (QED) is 0.852. The molecule has 1 aliphatic rings. The Labute approximate surface area is 160 Å². The highest BCUT2D eigenvalue weighted by atomic mass is 32.2. The van der Waals surface area contributed by atoms with Crippen LogP contribution in [-0.4, -0.2) is 33.2 Å². The van der Waals surface area contributed by atoms with Crippen molar-refractivity contribution in [1.82, 2.24) is 0 Å². The molecule has 0 saturated heterocycles. The van der Waals surface area contributed by atoms with Gasteiger partial charge < -0.3 is 10.1 Å². The molecule has 6 nitrogen and oxygen atoms in total. The Morgan fingerprint density at radius 1 is 1.26 bits per heavy atom. The van der Waals surface area contributed by atoms with E-state index in [4.69, 9.17) is 4.74 Å². The molecule has 2 aromatic rings. The average Bonchev–Trinajstić information content (AvgIpc) is 2.97. The van der Waals surface area contributed by atoms with E-state index in [0.717, 1.165) is 11.1 Å². The van der Waals surface area contributed by atoms with Crippen LogP contribution in [0.1, 0.15) is 35.3 Å². The second-order valence-corrected chi connectivity index (χ2v) is 8.89. The summed E-state index contributed by atoms with van der Waals surface area (Å²) in [6.07, 6.45) is 0.587. The largest absolute Gasteiger partial charge is 0.495 e. The zero-order chi connectivity index (χ0) is 19.8. The molecule has 1 N–H and O–H groups in total. The van der Waals surface area contributed by atoms with E-state index in [1.165, 1.54) is 4.31 Å². The molecular weight excluding hydrogens is 364 g/mol. The molecule has 2 aromatic carbocycles. The van der Waals surface area contributed by atoms with Crippen molar-refractivity contribution in [2.75, 3.05) is 22.5 Å². The predicted octanol–water partition coefficient (Wildman–Crippen LogP) is 3.36. The molecule has 0 radical (unpaired) electrons. The minimum absolute atomic E-state index is 0.0478. The van der Waals surface area contributed by atoms with Gasteiger partial charge in [0.15, 0.2) is 0 Å². The number of rotatable bonds is 5. The van der Waals surface area contributed by atoms with Gasteiger partial charge in [0.25, 0.3) is 5.91 Å². The van der Waals surface area contributed by atoms with Crippen molar-refractivity contribution >= 4 is 27.3 Å². The third-order valence-corrected chi connectivity index (χ3v) is 6.65. The minimum Gasteiger partial charge on any atom is -0.495 e. The SMILES string of the molecule is CCS(=O)(=O)N1c2ccc(C(=O)Nc3cc(C)ccc3OC)cc2C[C@H]1C. The monoisotopic (exact) mass is 388 g/mol. The lowest BCUT2D eigenvalue weighted by molar-refractivity contribution is 0.102. The van der Waals surface area contributed by atoms with E-state index in [2.05, 4.69) is 5.32 Å². The number of sulfonamides is 1. The molecule has 27 heavy (non-hydrogen) atoms. The first-order valence-electron chi connectivity index (χ1n) is 8.88. The summed E-state index contributed by atoms with van der Waals surface area (Å²) < 4.78 is 31.5. The summed E-state index contributed by atoms with van der Waals surface area (Å²) in [5, 5.41) is 2.88. The predicted molar refractivity (Wildman–Crippen MR) is 107 cm³/mol. The van der Waals surface area contributed by atoms with E-state index in [1.54, 1.807) is 32.2 Å². The summed E-state index contributed by atoms with van der Waals surface area (Å²) in [4.78, 5) is 12.7. The number of aryl methyl sites for hydroxylation is 1. The number of hydrogen-bond acceptors (Lipinski definition) is 4. The van der Waals surface area contributed by atoms with E-state index in [0.29, 0.717) is 29.1 Å². The summed E-state index contributed by atoms with van der Waals surface area (Å²) in [6.45, 7) is 5.45. The van der Waals surface area contributed by atoms with Crippen molar-refractivity contribution in [1.29, 1.82) is 0 Å². The first-order chi connectivity index (χ1) is 12.8. The first-order valence-corrected chi connectivity index (χ1v) is 10.5. The molecule has 0 spiro atoms. The lowest BCUT2D eigenvalue weighted by Crippen LogP contribution is -2.36. The molecule has 1 aliphatic heterocycles. The third-order valence-electron chi connectivity index (χ3n) is 4.76. The number of amides is 1. The standard InChI is InChI=1S/C20H24N2O4S/c1-5-27(24,25)22-14(3)11-16-12-15(7-8-18(16)22)20(23)21-17-10-13(2)6-9-19(17)26-4/h6-10,12,14H,5,11H2,1-4H3,(H,21,23)/t14-/m1/s1. The summed E-state index contributed by atoms with van der Waals surface area (Å²) in [7, 11) is -1.78. The maximum atomic E-state index is 12.7. The number of carbonyl (C=O) groups excluding carboxylic acids is 1. The molecule has 7 heteroatoms. The van der Waals surface area contributed by atoms with Crippen LogP contribution in [0.2, 0.25) is 0 Å². The number of benzene rings is 2. The summed E-state index contributed by atoms with van der Waals surface area (Å²) in [6, 6.07) is 10.6. The van der Waals surface area contributed by atoms with Crippen molar-refractivity contribution in [2.45, 2.75) is 33.2 Å². The summed E-state index contributed by atoms with van der Waals surface area (Å²) in [5.41, 5.74) is 3.62. The van der Waals surface area contributed by atoms with Gasteiger partial charge in [0.1, 0.15) is 5.75 Å². The van der Waals surface area contributed by atoms with Gasteiger partial charge in [0.05, 0.1) is 24.2 Å².